The van der Waals surface area contributed by atoms with Gasteiger partial charge in [0.25, 0.3) is 0 Å². The lowest BCUT2D eigenvalue weighted by molar-refractivity contribution is 0.0603. The zero-order chi connectivity index (χ0) is 15.5. The molecule has 2 aromatic rings. The van der Waals surface area contributed by atoms with E-state index in [0.29, 0.717) is 5.76 Å². The van der Waals surface area contributed by atoms with Crippen molar-refractivity contribution < 1.29 is 17.9 Å². The zero-order valence-electron chi connectivity index (χ0n) is 12.0. The third kappa shape index (κ3) is 4.41. The Morgan fingerprint density at radius 3 is 2.71 bits per heavy atom. The Morgan fingerprint density at radius 1 is 1.38 bits per heavy atom. The van der Waals surface area contributed by atoms with E-state index in [1.165, 1.54) is 17.6 Å². The summed E-state index contributed by atoms with van der Waals surface area (Å²) < 4.78 is 32.2. The Morgan fingerprint density at radius 2 is 2.14 bits per heavy atom. The maximum atomic E-state index is 12.2. The highest BCUT2D eigenvalue weighted by Gasteiger charge is 2.26. The van der Waals surface area contributed by atoms with Gasteiger partial charge in [0.2, 0.25) is 10.0 Å². The van der Waals surface area contributed by atoms with E-state index in [4.69, 9.17) is 4.42 Å². The zero-order valence-corrected chi connectivity index (χ0v) is 13.6. The highest BCUT2D eigenvalue weighted by molar-refractivity contribution is 7.91. The van der Waals surface area contributed by atoms with Crippen LogP contribution in [0.25, 0.3) is 0 Å². The first kappa shape index (κ1) is 16.2. The monoisotopic (exact) mass is 329 g/mol. The molecular weight excluding hydrogens is 310 g/mol. The molecule has 116 valence electrons. The van der Waals surface area contributed by atoms with Gasteiger partial charge in [-0.15, -0.1) is 11.3 Å². The van der Waals surface area contributed by atoms with Gasteiger partial charge >= 0.3 is 0 Å². The van der Waals surface area contributed by atoms with E-state index in [1.807, 2.05) is 6.92 Å². The third-order valence-electron chi connectivity index (χ3n) is 3.03. The first-order valence-electron chi connectivity index (χ1n) is 6.65. The lowest BCUT2D eigenvalue weighted by Crippen LogP contribution is -2.41. The number of hydrogen-bond donors (Lipinski definition) is 2. The summed E-state index contributed by atoms with van der Waals surface area (Å²) in [4.78, 5) is 1.01. The molecule has 0 aliphatic rings. The molecule has 0 fully saturated rings. The minimum atomic E-state index is -3.58. The Balaban J connectivity index is 2.00. The largest absolute Gasteiger partial charge is 0.469 e. The van der Waals surface area contributed by atoms with Crippen LogP contribution in [0.15, 0.2) is 39.2 Å². The van der Waals surface area contributed by atoms with E-state index in [2.05, 4.69) is 4.72 Å². The van der Waals surface area contributed by atoms with E-state index in [0.717, 1.165) is 11.3 Å². The number of furan rings is 1. The van der Waals surface area contributed by atoms with Gasteiger partial charge in [-0.2, -0.15) is 0 Å². The molecule has 0 unspecified atom stereocenters. The molecule has 1 atom stereocenters. The van der Waals surface area contributed by atoms with Crippen LogP contribution in [-0.2, 0) is 22.9 Å². The fourth-order valence-electron chi connectivity index (χ4n) is 1.87. The predicted molar refractivity (Wildman–Crippen MR) is 81.9 cm³/mol. The normalized spacial score (nSPS) is 15.0. The van der Waals surface area contributed by atoms with Gasteiger partial charge < -0.3 is 9.52 Å². The van der Waals surface area contributed by atoms with E-state index < -0.39 is 15.6 Å². The van der Waals surface area contributed by atoms with Crippen molar-refractivity contribution in [1.29, 1.82) is 0 Å². The molecule has 0 radical (unpaired) electrons. The summed E-state index contributed by atoms with van der Waals surface area (Å²) in [5, 5.41) is 10.3. The Labute approximate surface area is 128 Å². The van der Waals surface area contributed by atoms with Crippen molar-refractivity contribution in [2.45, 2.75) is 36.5 Å². The summed E-state index contributed by atoms with van der Waals surface area (Å²) in [6.07, 6.45) is 2.57. The second-order valence-electron chi connectivity index (χ2n) is 5.15. The van der Waals surface area contributed by atoms with Crippen LogP contribution < -0.4 is 4.72 Å². The van der Waals surface area contributed by atoms with E-state index in [9.17, 15) is 13.5 Å². The van der Waals surface area contributed by atoms with Gasteiger partial charge in [0.05, 0.1) is 11.9 Å². The summed E-state index contributed by atoms with van der Waals surface area (Å²) in [5.74, 6) is 0.614. The predicted octanol–water partition coefficient (Wildman–Crippen LogP) is 2.18. The average molecular weight is 329 g/mol. The van der Waals surface area contributed by atoms with Gasteiger partial charge in [0.15, 0.2) is 0 Å². The van der Waals surface area contributed by atoms with Crippen LogP contribution in [0.4, 0.5) is 0 Å². The third-order valence-corrected chi connectivity index (χ3v) is 6.15. The average Bonchev–Trinajstić information content (AvgIpc) is 3.07. The molecule has 0 aliphatic heterocycles. The Bertz CT molecular complexity index is 672. The van der Waals surface area contributed by atoms with Crippen molar-refractivity contribution >= 4 is 21.4 Å². The maximum absolute atomic E-state index is 12.2. The molecule has 7 heteroatoms. The van der Waals surface area contributed by atoms with Crippen LogP contribution >= 0.6 is 11.3 Å². The van der Waals surface area contributed by atoms with E-state index in [-0.39, 0.29) is 17.2 Å². The van der Waals surface area contributed by atoms with Gasteiger partial charge in [0.1, 0.15) is 9.97 Å². The highest BCUT2D eigenvalue weighted by atomic mass is 32.2. The smallest absolute Gasteiger partial charge is 0.250 e. The highest BCUT2D eigenvalue weighted by Crippen LogP contribution is 2.22. The fourth-order valence-corrected chi connectivity index (χ4v) is 4.37. The van der Waals surface area contributed by atoms with Crippen LogP contribution in [-0.4, -0.2) is 25.7 Å². The number of rotatable bonds is 7. The minimum Gasteiger partial charge on any atom is -0.469 e. The number of aliphatic hydroxyl groups is 1. The van der Waals surface area contributed by atoms with Gasteiger partial charge in [-0.3, -0.25) is 0 Å². The van der Waals surface area contributed by atoms with Crippen molar-refractivity contribution in [3.05, 3.63) is 41.2 Å². The molecule has 0 amide bonds. The topological polar surface area (TPSA) is 79.5 Å². The fraction of sp³-hybridized carbons (Fsp3) is 0.429. The first-order valence-corrected chi connectivity index (χ1v) is 8.95. The van der Waals surface area contributed by atoms with Crippen molar-refractivity contribution in [2.24, 2.45) is 0 Å². The molecule has 2 N–H and O–H groups in total. The molecular formula is C14H19NO4S2. The quantitative estimate of drug-likeness (QED) is 0.816. The Hall–Kier alpha value is -1.15. The van der Waals surface area contributed by atoms with Crippen LogP contribution in [0, 0.1) is 0 Å². The molecule has 2 rings (SSSR count). The second-order valence-corrected chi connectivity index (χ2v) is 8.31. The number of sulfonamides is 1. The molecule has 0 spiro atoms. The number of nitrogens with one attached hydrogen (secondary N) is 1. The second kappa shape index (κ2) is 6.31. The molecule has 0 aliphatic carbocycles. The van der Waals surface area contributed by atoms with Gasteiger partial charge in [-0.25, -0.2) is 13.1 Å². The van der Waals surface area contributed by atoms with Crippen LogP contribution in [0.5, 0.6) is 0 Å². The van der Waals surface area contributed by atoms with Crippen LogP contribution in [0.2, 0.25) is 0 Å². The van der Waals surface area contributed by atoms with Gasteiger partial charge in [0, 0.05) is 17.8 Å². The van der Waals surface area contributed by atoms with Gasteiger partial charge in [-0.05, 0) is 37.6 Å². The van der Waals surface area contributed by atoms with Crippen molar-refractivity contribution in [1.82, 2.24) is 4.72 Å². The van der Waals surface area contributed by atoms with Crippen LogP contribution in [0.3, 0.4) is 0 Å². The maximum Gasteiger partial charge on any atom is 0.250 e. The number of thiophene rings is 1. The summed E-state index contributed by atoms with van der Waals surface area (Å²) >= 11 is 1.25. The molecule has 5 nitrogen and oxygen atoms in total. The van der Waals surface area contributed by atoms with Crippen LogP contribution in [0.1, 0.15) is 24.5 Å². The van der Waals surface area contributed by atoms with Crippen molar-refractivity contribution in [2.75, 3.05) is 6.54 Å². The summed E-state index contributed by atoms with van der Waals surface area (Å²) in [5.41, 5.74) is -1.21. The lowest BCUT2D eigenvalue weighted by atomic mass is 10.0. The number of aryl methyl sites for hydroxylation is 1. The van der Waals surface area contributed by atoms with Gasteiger partial charge in [-0.1, -0.05) is 6.92 Å². The molecule has 0 saturated heterocycles. The minimum absolute atomic E-state index is 0.0740. The summed E-state index contributed by atoms with van der Waals surface area (Å²) in [7, 11) is -3.58. The van der Waals surface area contributed by atoms with Crippen molar-refractivity contribution in [3.8, 4) is 0 Å². The van der Waals surface area contributed by atoms with E-state index >= 15 is 0 Å². The SMILES string of the molecule is CCc1ccc(S(=O)(=O)NC[C@@](C)(O)Cc2ccco2)s1. The summed E-state index contributed by atoms with van der Waals surface area (Å²) in [6, 6.07) is 6.87. The molecule has 0 saturated carbocycles. The molecule has 2 heterocycles. The molecule has 21 heavy (non-hydrogen) atoms. The van der Waals surface area contributed by atoms with E-state index in [1.54, 1.807) is 31.2 Å². The summed E-state index contributed by atoms with van der Waals surface area (Å²) in [6.45, 7) is 3.48. The Kier molecular flexibility index (Phi) is 4.88. The number of hydrogen-bond acceptors (Lipinski definition) is 5. The van der Waals surface area contributed by atoms with Crippen molar-refractivity contribution in [3.63, 3.8) is 0 Å². The molecule has 0 bridgehead atoms. The standard InChI is InChI=1S/C14H19NO4S2/c1-3-12-6-7-13(20-12)21(17,18)15-10-14(2,16)9-11-5-4-8-19-11/h4-8,15-16H,3,9-10H2,1-2H3/t14-/m0/s1. The lowest BCUT2D eigenvalue weighted by Gasteiger charge is -2.22. The molecule has 2 aromatic heterocycles. The molecule has 0 aromatic carbocycles. The first-order chi connectivity index (χ1) is 9.82.